The molecule has 0 unspecified atom stereocenters. The lowest BCUT2D eigenvalue weighted by Gasteiger charge is -2.38. The largest absolute Gasteiger partial charge is 0.494 e. The lowest BCUT2D eigenvalue weighted by atomic mass is 9.92. The number of aromatic nitrogens is 2. The first kappa shape index (κ1) is 23.3. The molecule has 7 heteroatoms. The molecule has 2 heterocycles. The molecule has 0 amide bonds. The quantitative estimate of drug-likeness (QED) is 0.466. The van der Waals surface area contributed by atoms with Crippen molar-refractivity contribution in [1.29, 1.82) is 0 Å². The van der Waals surface area contributed by atoms with Gasteiger partial charge in [-0.15, -0.1) is 0 Å². The van der Waals surface area contributed by atoms with Gasteiger partial charge in [0.15, 0.2) is 0 Å². The maximum Gasteiger partial charge on any atom is 0.123 e. The third-order valence-electron chi connectivity index (χ3n) is 5.98. The maximum absolute atomic E-state index is 13.0. The molecule has 1 aromatic heterocycles. The monoisotopic (exact) mass is 453 g/mol. The minimum absolute atomic E-state index is 0.216. The van der Waals surface area contributed by atoms with E-state index in [1.54, 1.807) is 12.1 Å². The van der Waals surface area contributed by atoms with Crippen molar-refractivity contribution in [3.05, 3.63) is 77.9 Å². The number of hydrogen-bond donors (Lipinski definition) is 1. The summed E-state index contributed by atoms with van der Waals surface area (Å²) in [6.07, 6.45) is 6.07. The van der Waals surface area contributed by atoms with Gasteiger partial charge in [-0.25, -0.2) is 4.39 Å². The van der Waals surface area contributed by atoms with E-state index < -0.39 is 5.60 Å². The number of aryl methyl sites for hydroxylation is 2. The summed E-state index contributed by atoms with van der Waals surface area (Å²) < 4.78 is 26.6. The summed E-state index contributed by atoms with van der Waals surface area (Å²) in [6.45, 7) is 6.14. The molecule has 33 heavy (non-hydrogen) atoms. The first-order chi connectivity index (χ1) is 16.0. The molecule has 1 saturated heterocycles. The predicted molar refractivity (Wildman–Crippen MR) is 125 cm³/mol. The van der Waals surface area contributed by atoms with Crippen molar-refractivity contribution in [1.82, 2.24) is 14.7 Å². The van der Waals surface area contributed by atoms with Gasteiger partial charge in [0.1, 0.15) is 29.5 Å². The van der Waals surface area contributed by atoms with E-state index in [-0.39, 0.29) is 12.4 Å². The molecular weight excluding hydrogens is 421 g/mol. The van der Waals surface area contributed by atoms with Crippen molar-refractivity contribution in [2.75, 3.05) is 26.3 Å². The Kier molecular flexibility index (Phi) is 7.62. The van der Waals surface area contributed by atoms with Crippen molar-refractivity contribution in [3.8, 4) is 11.5 Å². The average molecular weight is 454 g/mol. The summed E-state index contributed by atoms with van der Waals surface area (Å²) in [4.78, 5) is 2.34. The van der Waals surface area contributed by atoms with Crippen LogP contribution >= 0.6 is 0 Å². The van der Waals surface area contributed by atoms with Gasteiger partial charge in [-0.1, -0.05) is 12.1 Å². The third-order valence-corrected chi connectivity index (χ3v) is 5.98. The van der Waals surface area contributed by atoms with E-state index in [2.05, 4.69) is 22.1 Å². The van der Waals surface area contributed by atoms with E-state index in [0.717, 1.165) is 38.3 Å². The molecule has 0 atom stereocenters. The van der Waals surface area contributed by atoms with Crippen LogP contribution in [0.5, 0.6) is 11.5 Å². The Balaban J connectivity index is 1.19. The van der Waals surface area contributed by atoms with E-state index in [1.807, 2.05) is 36.1 Å². The van der Waals surface area contributed by atoms with Crippen LogP contribution in [-0.4, -0.2) is 51.7 Å². The van der Waals surface area contributed by atoms with E-state index in [9.17, 15) is 9.50 Å². The fourth-order valence-corrected chi connectivity index (χ4v) is 4.02. The van der Waals surface area contributed by atoms with E-state index in [0.29, 0.717) is 25.2 Å². The minimum atomic E-state index is -0.858. The number of nitrogens with zero attached hydrogens (tertiary/aromatic N) is 3. The Morgan fingerprint density at radius 1 is 1.06 bits per heavy atom. The average Bonchev–Trinajstić information content (AvgIpc) is 3.23. The molecule has 176 valence electrons. The van der Waals surface area contributed by atoms with Crippen LogP contribution in [-0.2, 0) is 13.1 Å². The second-order valence-electron chi connectivity index (χ2n) is 8.87. The smallest absolute Gasteiger partial charge is 0.123 e. The van der Waals surface area contributed by atoms with Crippen LogP contribution in [0.3, 0.4) is 0 Å². The summed E-state index contributed by atoms with van der Waals surface area (Å²) in [5, 5.41) is 15.2. The molecule has 4 rings (SSSR count). The molecular formula is C26H32FN3O3. The zero-order chi connectivity index (χ0) is 23.1. The Hall–Kier alpha value is -2.90. The van der Waals surface area contributed by atoms with Gasteiger partial charge < -0.3 is 14.6 Å². The molecule has 0 radical (unpaired) electrons. The Bertz CT molecular complexity index is 1010. The summed E-state index contributed by atoms with van der Waals surface area (Å²) in [6, 6.07) is 14.1. The van der Waals surface area contributed by atoms with Gasteiger partial charge in [0.05, 0.1) is 12.8 Å². The molecule has 1 aliphatic rings. The van der Waals surface area contributed by atoms with Gasteiger partial charge in [-0.3, -0.25) is 9.58 Å². The van der Waals surface area contributed by atoms with E-state index in [4.69, 9.17) is 9.47 Å². The van der Waals surface area contributed by atoms with Gasteiger partial charge in [0.2, 0.25) is 0 Å². The zero-order valence-corrected chi connectivity index (χ0v) is 19.1. The normalized spacial score (nSPS) is 16.0. The van der Waals surface area contributed by atoms with Crippen LogP contribution in [0.1, 0.15) is 30.4 Å². The van der Waals surface area contributed by atoms with Crippen LogP contribution < -0.4 is 9.47 Å². The van der Waals surface area contributed by atoms with E-state index >= 15 is 0 Å². The van der Waals surface area contributed by atoms with Crippen molar-refractivity contribution in [2.24, 2.45) is 0 Å². The molecule has 2 aromatic carbocycles. The number of halogens is 1. The molecule has 0 saturated carbocycles. The number of benzene rings is 2. The van der Waals surface area contributed by atoms with Gasteiger partial charge in [0, 0.05) is 38.8 Å². The van der Waals surface area contributed by atoms with Gasteiger partial charge >= 0.3 is 0 Å². The number of ether oxygens (including phenoxy) is 2. The lowest BCUT2D eigenvalue weighted by molar-refractivity contribution is -0.0537. The Morgan fingerprint density at radius 2 is 1.85 bits per heavy atom. The number of rotatable bonds is 10. The second-order valence-corrected chi connectivity index (χ2v) is 8.87. The fourth-order valence-electron chi connectivity index (χ4n) is 4.02. The second kappa shape index (κ2) is 10.8. The minimum Gasteiger partial charge on any atom is -0.494 e. The number of hydrogen-bond acceptors (Lipinski definition) is 5. The molecule has 1 fully saturated rings. The summed E-state index contributed by atoms with van der Waals surface area (Å²) in [5.41, 5.74) is 1.51. The molecule has 6 nitrogen and oxygen atoms in total. The van der Waals surface area contributed by atoms with Crippen LogP contribution in [0.2, 0.25) is 0 Å². The molecule has 0 spiro atoms. The highest BCUT2D eigenvalue weighted by atomic mass is 19.1. The molecule has 1 N–H and O–H groups in total. The standard InChI is InChI=1S/C26H32FN3O3/c1-21-17-28-30(18-21)12-3-15-32-25-5-2-4-22(16-25)19-29-13-10-26(31,11-14-29)20-33-24-8-6-23(27)7-9-24/h2,4-9,16-18,31H,3,10-15,19-20H2,1H3. The SMILES string of the molecule is Cc1cnn(CCCOc2cccc(CN3CCC(O)(COc4ccc(F)cc4)CC3)c2)c1. The van der Waals surface area contributed by atoms with Crippen LogP contribution in [0.4, 0.5) is 4.39 Å². The summed E-state index contributed by atoms with van der Waals surface area (Å²) in [5.74, 6) is 1.15. The molecule has 1 aliphatic heterocycles. The Morgan fingerprint density at radius 3 is 2.58 bits per heavy atom. The molecule has 0 bridgehead atoms. The number of likely N-dealkylation sites (tertiary alicyclic amines) is 1. The van der Waals surface area contributed by atoms with Crippen LogP contribution in [0.25, 0.3) is 0 Å². The highest BCUT2D eigenvalue weighted by Crippen LogP contribution is 2.25. The summed E-state index contributed by atoms with van der Waals surface area (Å²) >= 11 is 0. The van der Waals surface area contributed by atoms with Crippen molar-refractivity contribution in [2.45, 2.75) is 44.9 Å². The van der Waals surface area contributed by atoms with Gasteiger partial charge in [-0.05, 0) is 67.3 Å². The molecule has 3 aromatic rings. The maximum atomic E-state index is 13.0. The summed E-state index contributed by atoms with van der Waals surface area (Å²) in [7, 11) is 0. The highest BCUT2D eigenvalue weighted by Gasteiger charge is 2.33. The first-order valence-electron chi connectivity index (χ1n) is 11.5. The zero-order valence-electron chi connectivity index (χ0n) is 19.1. The van der Waals surface area contributed by atoms with Crippen molar-refractivity contribution < 1.29 is 19.0 Å². The topological polar surface area (TPSA) is 59.8 Å². The van der Waals surface area contributed by atoms with Crippen molar-refractivity contribution >= 4 is 0 Å². The highest BCUT2D eigenvalue weighted by molar-refractivity contribution is 5.28. The molecule has 0 aliphatic carbocycles. The van der Waals surface area contributed by atoms with E-state index in [1.165, 1.54) is 23.3 Å². The Labute approximate surface area is 194 Å². The van der Waals surface area contributed by atoms with Crippen LogP contribution in [0.15, 0.2) is 60.9 Å². The first-order valence-corrected chi connectivity index (χ1v) is 11.5. The van der Waals surface area contributed by atoms with Gasteiger partial charge in [-0.2, -0.15) is 5.10 Å². The third kappa shape index (κ3) is 7.04. The van der Waals surface area contributed by atoms with Crippen molar-refractivity contribution in [3.63, 3.8) is 0 Å². The number of aliphatic hydroxyl groups is 1. The van der Waals surface area contributed by atoms with Gasteiger partial charge in [0.25, 0.3) is 0 Å². The van der Waals surface area contributed by atoms with Crippen LogP contribution in [0, 0.1) is 12.7 Å². The lowest BCUT2D eigenvalue weighted by Crippen LogP contribution is -2.47. The number of piperidine rings is 1. The predicted octanol–water partition coefficient (Wildman–Crippen LogP) is 4.21. The fraction of sp³-hybridized carbons (Fsp3) is 0.423.